The van der Waals surface area contributed by atoms with Crippen LogP contribution in [0.4, 0.5) is 5.69 Å². The number of hydrogen-bond donors (Lipinski definition) is 1. The first-order chi connectivity index (χ1) is 11.7. The van der Waals surface area contributed by atoms with Crippen molar-refractivity contribution in [2.75, 3.05) is 25.2 Å². The molecule has 0 saturated carbocycles. The van der Waals surface area contributed by atoms with Crippen LogP contribution in [0.25, 0.3) is 0 Å². The Morgan fingerprint density at radius 1 is 1.00 bits per heavy atom. The van der Waals surface area contributed by atoms with Crippen LogP contribution in [0.15, 0.2) is 53.4 Å². The Labute approximate surface area is 151 Å². The Hall–Kier alpha value is -2.38. The quantitative estimate of drug-likeness (QED) is 0.863. The highest BCUT2D eigenvalue weighted by Crippen LogP contribution is 2.16. The first-order valence-electron chi connectivity index (χ1n) is 7.29. The number of hydrogen-bond acceptors (Lipinski definition) is 4. The van der Waals surface area contributed by atoms with E-state index in [1.807, 2.05) is 0 Å². The number of nitrogens with one attached hydrogen (secondary N) is 1. The molecule has 0 aromatic heterocycles. The van der Waals surface area contributed by atoms with E-state index in [2.05, 4.69) is 5.32 Å². The molecule has 25 heavy (non-hydrogen) atoms. The van der Waals surface area contributed by atoms with E-state index in [0.717, 1.165) is 0 Å². The molecule has 8 heteroatoms. The van der Waals surface area contributed by atoms with E-state index in [4.69, 9.17) is 11.6 Å². The van der Waals surface area contributed by atoms with Crippen LogP contribution in [0.3, 0.4) is 0 Å². The summed E-state index contributed by atoms with van der Waals surface area (Å²) in [4.78, 5) is 25.3. The minimum Gasteiger partial charge on any atom is -0.345 e. The van der Waals surface area contributed by atoms with Gasteiger partial charge in [-0.3, -0.25) is 9.59 Å². The minimum absolute atomic E-state index is 0.0268. The van der Waals surface area contributed by atoms with Gasteiger partial charge in [0.2, 0.25) is 5.91 Å². The molecule has 0 aliphatic heterocycles. The third-order valence-electron chi connectivity index (χ3n) is 3.32. The number of carbonyl (C=O) groups is 2. The highest BCUT2D eigenvalue weighted by molar-refractivity contribution is 7.92. The zero-order valence-corrected chi connectivity index (χ0v) is 15.3. The molecule has 0 radical (unpaired) electrons. The van der Waals surface area contributed by atoms with Crippen molar-refractivity contribution in [2.45, 2.75) is 4.90 Å². The molecule has 0 aliphatic carbocycles. The van der Waals surface area contributed by atoms with Gasteiger partial charge in [-0.2, -0.15) is 0 Å². The summed E-state index contributed by atoms with van der Waals surface area (Å²) in [6, 6.07) is 11.8. The van der Waals surface area contributed by atoms with Crippen molar-refractivity contribution >= 4 is 38.9 Å². The van der Waals surface area contributed by atoms with Crippen molar-refractivity contribution < 1.29 is 18.0 Å². The number of carbonyl (C=O) groups excluding carboxylic acids is 2. The molecular weight excluding hydrogens is 364 g/mol. The molecule has 0 spiro atoms. The normalized spacial score (nSPS) is 11.0. The number of benzene rings is 2. The van der Waals surface area contributed by atoms with Gasteiger partial charge in [-0.25, -0.2) is 8.42 Å². The molecule has 132 valence electrons. The lowest BCUT2D eigenvalue weighted by Gasteiger charge is -2.11. The SMILES string of the molecule is CN(C)C(=O)c1ccc(NC(=O)CS(=O)(=O)c2ccc(Cl)cc2)cc1. The van der Waals surface area contributed by atoms with Crippen LogP contribution < -0.4 is 5.32 Å². The predicted octanol–water partition coefficient (Wildman–Crippen LogP) is 2.45. The lowest BCUT2D eigenvalue weighted by atomic mass is 10.2. The number of anilines is 1. The summed E-state index contributed by atoms with van der Waals surface area (Å²) >= 11 is 5.73. The predicted molar refractivity (Wildman–Crippen MR) is 96.6 cm³/mol. The molecule has 2 aromatic carbocycles. The molecule has 0 bridgehead atoms. The Morgan fingerprint density at radius 3 is 2.08 bits per heavy atom. The van der Waals surface area contributed by atoms with Gasteiger partial charge in [-0.15, -0.1) is 0 Å². The largest absolute Gasteiger partial charge is 0.345 e. The number of nitrogens with zero attached hydrogens (tertiary/aromatic N) is 1. The van der Waals surface area contributed by atoms with Crippen LogP contribution in [-0.4, -0.2) is 45.0 Å². The van der Waals surface area contributed by atoms with E-state index in [-0.39, 0.29) is 10.8 Å². The van der Waals surface area contributed by atoms with Crippen LogP contribution in [0.5, 0.6) is 0 Å². The summed E-state index contributed by atoms with van der Waals surface area (Å²) in [5, 5.41) is 2.92. The Balaban J connectivity index is 2.04. The van der Waals surface area contributed by atoms with Crippen molar-refractivity contribution in [3.05, 3.63) is 59.1 Å². The van der Waals surface area contributed by atoms with Gasteiger partial charge in [0.25, 0.3) is 5.91 Å². The number of amides is 2. The topological polar surface area (TPSA) is 83.6 Å². The summed E-state index contributed by atoms with van der Waals surface area (Å²) in [5.74, 6) is -1.52. The second-order valence-electron chi connectivity index (χ2n) is 5.54. The second-order valence-corrected chi connectivity index (χ2v) is 7.96. The molecule has 2 rings (SSSR count). The van der Waals surface area contributed by atoms with Gasteiger partial charge in [-0.05, 0) is 48.5 Å². The Kier molecular flexibility index (Phi) is 5.81. The first-order valence-corrected chi connectivity index (χ1v) is 9.32. The molecular formula is C17H17ClN2O4S. The van der Waals surface area contributed by atoms with E-state index in [1.165, 1.54) is 29.2 Å². The monoisotopic (exact) mass is 380 g/mol. The molecule has 0 unspecified atom stereocenters. The summed E-state index contributed by atoms with van der Waals surface area (Å²) < 4.78 is 24.4. The molecule has 2 aromatic rings. The van der Waals surface area contributed by atoms with Crippen LogP contribution in [-0.2, 0) is 14.6 Å². The van der Waals surface area contributed by atoms with Crippen molar-refractivity contribution in [3.63, 3.8) is 0 Å². The average molecular weight is 381 g/mol. The Morgan fingerprint density at radius 2 is 1.56 bits per heavy atom. The molecule has 1 N–H and O–H groups in total. The molecule has 0 fully saturated rings. The van der Waals surface area contributed by atoms with Crippen molar-refractivity contribution in [3.8, 4) is 0 Å². The first kappa shape index (κ1) is 19.0. The maximum absolute atomic E-state index is 12.2. The van der Waals surface area contributed by atoms with Crippen molar-refractivity contribution in [1.82, 2.24) is 4.90 Å². The van der Waals surface area contributed by atoms with Gasteiger partial charge in [-0.1, -0.05) is 11.6 Å². The van der Waals surface area contributed by atoms with Gasteiger partial charge in [0, 0.05) is 30.4 Å². The summed E-state index contributed by atoms with van der Waals surface area (Å²) in [7, 11) is -0.484. The van der Waals surface area contributed by atoms with Gasteiger partial charge in [0.1, 0.15) is 5.75 Å². The third kappa shape index (κ3) is 5.04. The van der Waals surface area contributed by atoms with Crippen LogP contribution >= 0.6 is 11.6 Å². The third-order valence-corrected chi connectivity index (χ3v) is 5.20. The fourth-order valence-corrected chi connectivity index (χ4v) is 3.31. The van der Waals surface area contributed by atoms with Crippen molar-refractivity contribution in [2.24, 2.45) is 0 Å². The molecule has 6 nitrogen and oxygen atoms in total. The highest BCUT2D eigenvalue weighted by Gasteiger charge is 2.19. The van der Waals surface area contributed by atoms with Crippen molar-refractivity contribution in [1.29, 1.82) is 0 Å². The van der Waals surface area contributed by atoms with Crippen LogP contribution in [0, 0.1) is 0 Å². The maximum atomic E-state index is 12.2. The fraction of sp³-hybridized carbons (Fsp3) is 0.176. The lowest BCUT2D eigenvalue weighted by Crippen LogP contribution is -2.23. The maximum Gasteiger partial charge on any atom is 0.253 e. The van der Waals surface area contributed by atoms with E-state index in [9.17, 15) is 18.0 Å². The van der Waals surface area contributed by atoms with Gasteiger partial charge >= 0.3 is 0 Å². The van der Waals surface area contributed by atoms with E-state index < -0.39 is 21.5 Å². The van der Waals surface area contributed by atoms with Gasteiger partial charge < -0.3 is 10.2 Å². The standard InChI is InChI=1S/C17H17ClN2O4S/c1-20(2)17(22)12-3-7-14(8-4-12)19-16(21)11-25(23,24)15-9-5-13(18)6-10-15/h3-10H,11H2,1-2H3,(H,19,21). The van der Waals surface area contributed by atoms with Gasteiger partial charge in [0.15, 0.2) is 9.84 Å². The van der Waals surface area contributed by atoms with Crippen LogP contribution in [0.1, 0.15) is 10.4 Å². The minimum atomic E-state index is -3.76. The summed E-state index contributed by atoms with van der Waals surface area (Å²) in [5.41, 5.74) is 0.878. The van der Waals surface area contributed by atoms with Gasteiger partial charge in [0.05, 0.1) is 4.90 Å². The second kappa shape index (κ2) is 7.67. The number of rotatable bonds is 5. The van der Waals surface area contributed by atoms with Crippen LogP contribution in [0.2, 0.25) is 5.02 Å². The Bertz CT molecular complexity index is 876. The molecule has 0 aliphatic rings. The molecule has 0 heterocycles. The lowest BCUT2D eigenvalue weighted by molar-refractivity contribution is -0.113. The zero-order valence-electron chi connectivity index (χ0n) is 13.7. The zero-order chi connectivity index (χ0) is 18.6. The van der Waals surface area contributed by atoms with E-state index in [1.54, 1.807) is 38.4 Å². The smallest absolute Gasteiger partial charge is 0.253 e. The molecule has 0 atom stereocenters. The average Bonchev–Trinajstić information content (AvgIpc) is 2.54. The number of sulfone groups is 1. The fourth-order valence-electron chi connectivity index (χ4n) is 2.05. The summed E-state index contributed by atoms with van der Waals surface area (Å²) in [6.07, 6.45) is 0. The molecule has 2 amide bonds. The highest BCUT2D eigenvalue weighted by atomic mass is 35.5. The van der Waals surface area contributed by atoms with E-state index in [0.29, 0.717) is 16.3 Å². The summed E-state index contributed by atoms with van der Waals surface area (Å²) in [6.45, 7) is 0. The molecule has 0 saturated heterocycles. The number of halogens is 1. The van der Waals surface area contributed by atoms with E-state index >= 15 is 0 Å².